The summed E-state index contributed by atoms with van der Waals surface area (Å²) in [7, 11) is 0. The van der Waals surface area contributed by atoms with Gasteiger partial charge in [0.1, 0.15) is 6.54 Å². The quantitative estimate of drug-likeness (QED) is 0.716. The molecule has 3 N–H and O–H groups in total. The van der Waals surface area contributed by atoms with Gasteiger partial charge in [-0.15, -0.1) is 11.3 Å². The molecule has 0 aliphatic carbocycles. The predicted molar refractivity (Wildman–Crippen MR) is 92.9 cm³/mol. The fraction of sp³-hybridized carbons (Fsp3) is 0.294. The molecular weight excluding hydrogens is 367 g/mol. The van der Waals surface area contributed by atoms with Crippen LogP contribution in [0.2, 0.25) is 0 Å². The van der Waals surface area contributed by atoms with Gasteiger partial charge in [-0.3, -0.25) is 15.4 Å². The Labute approximate surface area is 152 Å². The summed E-state index contributed by atoms with van der Waals surface area (Å²) in [5.74, 6) is -0.724. The molecule has 0 saturated carbocycles. The third kappa shape index (κ3) is 6.49. The number of aryl methyl sites for hydroxylation is 1. The van der Waals surface area contributed by atoms with Crippen molar-refractivity contribution >= 4 is 23.3 Å². The standard InChI is InChI=1S/C17H18F3N3O2S/c1-11-4-6-12(7-5-11)15(13-3-2-8-26-13)21-9-14(24)23-16(25)22-10-17(18,19)20/h2-8,15,21H,9-10H2,1H3,(H2,22,23,24,25)/t15-/m0/s1. The Bertz CT molecular complexity index is 731. The molecule has 0 unspecified atom stereocenters. The second-order valence-corrected chi connectivity index (χ2v) is 6.57. The van der Waals surface area contributed by atoms with Gasteiger partial charge in [-0.05, 0) is 23.9 Å². The summed E-state index contributed by atoms with van der Waals surface area (Å²) in [6.45, 7) is 0.237. The van der Waals surface area contributed by atoms with Crippen LogP contribution in [0.3, 0.4) is 0 Å². The number of alkyl halides is 3. The summed E-state index contributed by atoms with van der Waals surface area (Å²) in [6.07, 6.45) is -4.53. The molecule has 0 bridgehead atoms. The zero-order chi connectivity index (χ0) is 19.2. The Kier molecular flexibility index (Phi) is 6.76. The predicted octanol–water partition coefficient (Wildman–Crippen LogP) is 3.12. The Morgan fingerprint density at radius 2 is 1.85 bits per heavy atom. The number of hydrogen-bond acceptors (Lipinski definition) is 4. The molecule has 1 aromatic carbocycles. The molecule has 3 amide bonds. The van der Waals surface area contributed by atoms with E-state index in [1.165, 1.54) is 11.3 Å². The smallest absolute Gasteiger partial charge is 0.329 e. The molecule has 26 heavy (non-hydrogen) atoms. The van der Waals surface area contributed by atoms with Crippen LogP contribution in [0.1, 0.15) is 22.0 Å². The van der Waals surface area contributed by atoms with E-state index in [-0.39, 0.29) is 12.6 Å². The van der Waals surface area contributed by atoms with Crippen LogP contribution in [0.5, 0.6) is 0 Å². The summed E-state index contributed by atoms with van der Waals surface area (Å²) in [5, 5.41) is 8.39. The number of amides is 3. The van der Waals surface area contributed by atoms with Crippen molar-refractivity contribution in [3.8, 4) is 0 Å². The van der Waals surface area contributed by atoms with Gasteiger partial charge >= 0.3 is 12.2 Å². The summed E-state index contributed by atoms with van der Waals surface area (Å²) in [5.41, 5.74) is 2.03. The third-order valence-electron chi connectivity index (χ3n) is 3.41. The van der Waals surface area contributed by atoms with Gasteiger partial charge in [0.15, 0.2) is 0 Å². The van der Waals surface area contributed by atoms with E-state index in [0.29, 0.717) is 0 Å². The lowest BCUT2D eigenvalue weighted by Crippen LogP contribution is -2.46. The van der Waals surface area contributed by atoms with E-state index in [1.54, 1.807) is 5.32 Å². The van der Waals surface area contributed by atoms with E-state index in [0.717, 1.165) is 16.0 Å². The maximum absolute atomic E-state index is 12.0. The summed E-state index contributed by atoms with van der Waals surface area (Å²) >= 11 is 1.51. The molecular formula is C17H18F3N3O2S. The number of imide groups is 1. The van der Waals surface area contributed by atoms with Gasteiger partial charge in [0.05, 0.1) is 12.6 Å². The number of rotatable bonds is 6. The number of hydrogen-bond donors (Lipinski definition) is 3. The van der Waals surface area contributed by atoms with Crippen molar-refractivity contribution in [2.75, 3.05) is 13.1 Å². The average molecular weight is 385 g/mol. The first-order valence-electron chi connectivity index (χ1n) is 7.72. The summed E-state index contributed by atoms with van der Waals surface area (Å²) in [4.78, 5) is 24.1. The van der Waals surface area contributed by atoms with Crippen LogP contribution in [0, 0.1) is 6.92 Å². The molecule has 0 spiro atoms. The highest BCUT2D eigenvalue weighted by Gasteiger charge is 2.28. The molecule has 1 aromatic heterocycles. The zero-order valence-electron chi connectivity index (χ0n) is 13.9. The van der Waals surface area contributed by atoms with Crippen molar-refractivity contribution in [2.24, 2.45) is 0 Å². The molecule has 5 nitrogen and oxygen atoms in total. The Morgan fingerprint density at radius 3 is 2.42 bits per heavy atom. The lowest BCUT2D eigenvalue weighted by molar-refractivity contribution is -0.124. The van der Waals surface area contributed by atoms with Crippen LogP contribution in [0.15, 0.2) is 41.8 Å². The Balaban J connectivity index is 1.94. The van der Waals surface area contributed by atoms with Crippen molar-refractivity contribution < 1.29 is 22.8 Å². The molecule has 140 valence electrons. The third-order valence-corrected chi connectivity index (χ3v) is 4.34. The highest BCUT2D eigenvalue weighted by Crippen LogP contribution is 2.26. The minimum Gasteiger partial charge on any atom is -0.329 e. The minimum atomic E-state index is -4.53. The molecule has 0 saturated heterocycles. The summed E-state index contributed by atoms with van der Waals surface area (Å²) < 4.78 is 36.1. The van der Waals surface area contributed by atoms with Crippen LogP contribution in [-0.2, 0) is 4.79 Å². The van der Waals surface area contributed by atoms with Crippen molar-refractivity contribution in [3.63, 3.8) is 0 Å². The highest BCUT2D eigenvalue weighted by molar-refractivity contribution is 7.10. The number of carbonyl (C=O) groups excluding carboxylic acids is 2. The van der Waals surface area contributed by atoms with E-state index in [2.05, 4.69) is 5.32 Å². The molecule has 0 aliphatic rings. The van der Waals surface area contributed by atoms with Crippen LogP contribution in [0.25, 0.3) is 0 Å². The van der Waals surface area contributed by atoms with Crippen LogP contribution < -0.4 is 16.0 Å². The van der Waals surface area contributed by atoms with E-state index in [4.69, 9.17) is 0 Å². The molecule has 0 radical (unpaired) electrons. The maximum Gasteiger partial charge on any atom is 0.405 e. The van der Waals surface area contributed by atoms with E-state index >= 15 is 0 Å². The number of thiophene rings is 1. The van der Waals surface area contributed by atoms with Gasteiger partial charge in [0.25, 0.3) is 0 Å². The number of halogens is 3. The van der Waals surface area contributed by atoms with Gasteiger partial charge in [0.2, 0.25) is 5.91 Å². The highest BCUT2D eigenvalue weighted by atomic mass is 32.1. The number of carbonyl (C=O) groups is 2. The largest absolute Gasteiger partial charge is 0.405 e. The van der Waals surface area contributed by atoms with E-state index in [1.807, 2.05) is 54.0 Å². The molecule has 1 atom stereocenters. The number of nitrogens with one attached hydrogen (secondary N) is 3. The maximum atomic E-state index is 12.0. The first kappa shape index (κ1) is 19.9. The monoisotopic (exact) mass is 385 g/mol. The fourth-order valence-corrected chi connectivity index (χ4v) is 3.01. The first-order chi connectivity index (χ1) is 12.2. The Hall–Kier alpha value is -2.39. The summed E-state index contributed by atoms with van der Waals surface area (Å²) in [6, 6.07) is 10.1. The van der Waals surface area contributed by atoms with Crippen LogP contribution in [-0.4, -0.2) is 31.2 Å². The second-order valence-electron chi connectivity index (χ2n) is 5.59. The topological polar surface area (TPSA) is 70.2 Å². The second kappa shape index (κ2) is 8.81. The van der Waals surface area contributed by atoms with Crippen molar-refractivity contribution in [1.29, 1.82) is 0 Å². The van der Waals surface area contributed by atoms with Crippen LogP contribution in [0.4, 0.5) is 18.0 Å². The van der Waals surface area contributed by atoms with Gasteiger partial charge in [-0.1, -0.05) is 35.9 Å². The van der Waals surface area contributed by atoms with Crippen molar-refractivity contribution in [3.05, 3.63) is 57.8 Å². The first-order valence-corrected chi connectivity index (χ1v) is 8.60. The fourth-order valence-electron chi connectivity index (χ4n) is 2.19. The lowest BCUT2D eigenvalue weighted by atomic mass is 10.0. The van der Waals surface area contributed by atoms with Gasteiger partial charge in [-0.2, -0.15) is 13.2 Å². The van der Waals surface area contributed by atoms with Gasteiger partial charge < -0.3 is 5.32 Å². The molecule has 9 heteroatoms. The van der Waals surface area contributed by atoms with Crippen LogP contribution >= 0.6 is 11.3 Å². The molecule has 0 fully saturated rings. The van der Waals surface area contributed by atoms with E-state index < -0.39 is 24.7 Å². The minimum absolute atomic E-state index is 0.226. The van der Waals surface area contributed by atoms with Crippen molar-refractivity contribution in [2.45, 2.75) is 19.1 Å². The zero-order valence-corrected chi connectivity index (χ0v) is 14.7. The lowest BCUT2D eigenvalue weighted by Gasteiger charge is -2.18. The number of urea groups is 1. The van der Waals surface area contributed by atoms with E-state index in [9.17, 15) is 22.8 Å². The van der Waals surface area contributed by atoms with Crippen molar-refractivity contribution in [1.82, 2.24) is 16.0 Å². The van der Waals surface area contributed by atoms with Gasteiger partial charge in [-0.25, -0.2) is 4.79 Å². The Morgan fingerprint density at radius 1 is 1.15 bits per heavy atom. The van der Waals surface area contributed by atoms with Gasteiger partial charge in [0, 0.05) is 4.88 Å². The number of benzene rings is 1. The molecule has 2 aromatic rings. The SMILES string of the molecule is Cc1ccc([C@H](NCC(=O)NC(=O)NCC(F)(F)F)c2cccs2)cc1. The molecule has 0 aliphatic heterocycles. The normalized spacial score (nSPS) is 12.5. The average Bonchev–Trinajstić information content (AvgIpc) is 3.08. The molecule has 1 heterocycles. The molecule has 2 rings (SSSR count).